The van der Waals surface area contributed by atoms with E-state index in [4.69, 9.17) is 25.2 Å². The van der Waals surface area contributed by atoms with E-state index in [0.717, 1.165) is 0 Å². The molecule has 0 bridgehead atoms. The summed E-state index contributed by atoms with van der Waals surface area (Å²) in [7, 11) is 1.38. The van der Waals surface area contributed by atoms with Gasteiger partial charge in [-0.1, -0.05) is 13.2 Å². The average molecular weight is 308 g/mol. The molecule has 0 aromatic carbocycles. The first-order valence-electron chi connectivity index (χ1n) is 5.77. The zero-order chi connectivity index (χ0) is 17.4. The third kappa shape index (κ3) is 27.5. The molecule has 4 N–H and O–H groups in total. The summed E-state index contributed by atoms with van der Waals surface area (Å²) in [5.41, 5.74) is 0.352. The quantitative estimate of drug-likeness (QED) is 0.299. The number of aliphatic hydroxyl groups excluding tert-OH is 2. The summed E-state index contributed by atoms with van der Waals surface area (Å²) in [6.45, 7) is 9.52. The molecule has 0 radical (unpaired) electrons. The molecule has 0 heterocycles. The Balaban J connectivity index is -0.000000240. The van der Waals surface area contributed by atoms with E-state index < -0.39 is 18.2 Å². The van der Waals surface area contributed by atoms with Crippen LogP contribution in [0.3, 0.4) is 0 Å². The molecule has 8 nitrogen and oxygen atoms in total. The second-order valence-electron chi connectivity index (χ2n) is 3.66. The van der Waals surface area contributed by atoms with E-state index in [1.807, 2.05) is 0 Å². The highest BCUT2D eigenvalue weighted by Crippen LogP contribution is 1.83. The van der Waals surface area contributed by atoms with Crippen LogP contribution in [0.15, 0.2) is 24.3 Å². The van der Waals surface area contributed by atoms with E-state index in [1.165, 1.54) is 21.0 Å². The van der Waals surface area contributed by atoms with E-state index in [9.17, 15) is 9.59 Å². The van der Waals surface area contributed by atoms with Crippen LogP contribution in [-0.4, -0.2) is 65.6 Å². The number of methoxy groups -OCH3 is 1. The van der Waals surface area contributed by atoms with Gasteiger partial charge in [-0.2, -0.15) is 0 Å². The third-order valence-electron chi connectivity index (χ3n) is 1.50. The predicted molar refractivity (Wildman–Crippen MR) is 75.8 cm³/mol. The molecule has 0 aliphatic rings. The van der Waals surface area contributed by atoms with Crippen LogP contribution in [0.5, 0.6) is 0 Å². The lowest BCUT2D eigenvalue weighted by atomic mass is 10.4. The SMILES string of the molecule is C=C(C)C(=O)O.C=C(C)C(=O)O.COC(O)COCCO. The molecule has 0 saturated carbocycles. The van der Waals surface area contributed by atoms with E-state index >= 15 is 0 Å². The summed E-state index contributed by atoms with van der Waals surface area (Å²) in [6.07, 6.45) is -0.878. The number of carbonyl (C=O) groups is 2. The fourth-order valence-corrected chi connectivity index (χ4v) is 0.317. The minimum Gasteiger partial charge on any atom is -0.478 e. The molecule has 0 aromatic rings. The summed E-state index contributed by atoms with van der Waals surface area (Å²) in [4.78, 5) is 19.2. The monoisotopic (exact) mass is 308 g/mol. The van der Waals surface area contributed by atoms with Crippen LogP contribution >= 0.6 is 0 Å². The van der Waals surface area contributed by atoms with Gasteiger partial charge in [0.25, 0.3) is 0 Å². The van der Waals surface area contributed by atoms with Gasteiger partial charge in [-0.05, 0) is 13.8 Å². The number of carboxylic acids is 2. The maximum atomic E-state index is 9.60. The molecular weight excluding hydrogens is 284 g/mol. The lowest BCUT2D eigenvalue weighted by Gasteiger charge is -2.06. The number of hydrogen-bond donors (Lipinski definition) is 4. The minimum absolute atomic E-state index is 0.0313. The van der Waals surface area contributed by atoms with Crippen LogP contribution in [0.2, 0.25) is 0 Å². The average Bonchev–Trinajstić information content (AvgIpc) is 2.39. The van der Waals surface area contributed by atoms with Crippen LogP contribution in [0.1, 0.15) is 13.8 Å². The van der Waals surface area contributed by atoms with Gasteiger partial charge in [-0.15, -0.1) is 0 Å². The standard InChI is InChI=1S/C5H12O4.2C4H6O2/c1-8-5(7)4-9-3-2-6;2*1-3(2)4(5)6/h5-7H,2-4H2,1H3;2*1H2,2H3,(H,5,6). The van der Waals surface area contributed by atoms with Crippen molar-refractivity contribution in [3.05, 3.63) is 24.3 Å². The second-order valence-corrected chi connectivity index (χ2v) is 3.66. The lowest BCUT2D eigenvalue weighted by molar-refractivity contribution is -0.133. The van der Waals surface area contributed by atoms with Crippen molar-refractivity contribution in [3.8, 4) is 0 Å². The summed E-state index contributed by atoms with van der Waals surface area (Å²) in [5, 5.41) is 32.6. The van der Waals surface area contributed by atoms with E-state index in [1.54, 1.807) is 0 Å². The number of carboxylic acid groups (broad SMARTS) is 2. The van der Waals surface area contributed by atoms with Crippen molar-refractivity contribution in [1.82, 2.24) is 0 Å². The van der Waals surface area contributed by atoms with Gasteiger partial charge in [0.2, 0.25) is 0 Å². The predicted octanol–water partition coefficient (Wildman–Crippen LogP) is 0.254. The van der Waals surface area contributed by atoms with Gasteiger partial charge in [0.05, 0.1) is 19.8 Å². The van der Waals surface area contributed by atoms with Crippen molar-refractivity contribution >= 4 is 11.9 Å². The van der Waals surface area contributed by atoms with Crippen LogP contribution in [0, 0.1) is 0 Å². The largest absolute Gasteiger partial charge is 0.478 e. The zero-order valence-electron chi connectivity index (χ0n) is 12.5. The Kier molecular flexibility index (Phi) is 18.9. The van der Waals surface area contributed by atoms with Crippen molar-refractivity contribution in [3.63, 3.8) is 0 Å². The van der Waals surface area contributed by atoms with Crippen molar-refractivity contribution in [2.24, 2.45) is 0 Å². The summed E-state index contributed by atoms with van der Waals surface area (Å²) < 4.78 is 9.16. The van der Waals surface area contributed by atoms with Crippen LogP contribution < -0.4 is 0 Å². The van der Waals surface area contributed by atoms with Crippen molar-refractivity contribution < 1.29 is 39.5 Å². The molecule has 1 unspecified atom stereocenters. The molecule has 0 fully saturated rings. The van der Waals surface area contributed by atoms with Crippen molar-refractivity contribution in [2.75, 3.05) is 26.9 Å². The molecule has 0 saturated heterocycles. The number of aliphatic carboxylic acids is 2. The van der Waals surface area contributed by atoms with Crippen molar-refractivity contribution in [2.45, 2.75) is 20.1 Å². The topological polar surface area (TPSA) is 134 Å². The molecule has 0 aromatic heterocycles. The molecule has 0 rings (SSSR count). The molecule has 0 amide bonds. The van der Waals surface area contributed by atoms with Crippen LogP contribution in [-0.2, 0) is 19.1 Å². The zero-order valence-corrected chi connectivity index (χ0v) is 12.5. The van der Waals surface area contributed by atoms with Crippen molar-refractivity contribution in [1.29, 1.82) is 0 Å². The lowest BCUT2D eigenvalue weighted by Crippen LogP contribution is -2.18. The highest BCUT2D eigenvalue weighted by atomic mass is 16.6. The van der Waals surface area contributed by atoms with Gasteiger partial charge in [-0.3, -0.25) is 0 Å². The highest BCUT2D eigenvalue weighted by Gasteiger charge is 1.98. The summed E-state index contributed by atoms with van der Waals surface area (Å²) in [6, 6.07) is 0. The number of hydrogen-bond acceptors (Lipinski definition) is 6. The Morgan fingerprint density at radius 3 is 1.62 bits per heavy atom. The molecule has 1 atom stereocenters. The molecule has 21 heavy (non-hydrogen) atoms. The van der Waals surface area contributed by atoms with Crippen LogP contribution in [0.25, 0.3) is 0 Å². The minimum atomic E-state index is -0.935. The maximum Gasteiger partial charge on any atom is 0.330 e. The Labute approximate surface area is 123 Å². The number of rotatable bonds is 7. The molecule has 8 heteroatoms. The van der Waals surface area contributed by atoms with E-state index in [2.05, 4.69) is 17.9 Å². The maximum absolute atomic E-state index is 9.60. The number of aliphatic hydroxyl groups is 2. The Morgan fingerprint density at radius 2 is 1.43 bits per heavy atom. The molecule has 0 aliphatic carbocycles. The number of ether oxygens (including phenoxy) is 2. The van der Waals surface area contributed by atoms with Gasteiger partial charge in [0.1, 0.15) is 0 Å². The first-order chi connectivity index (χ1) is 9.59. The first-order valence-corrected chi connectivity index (χ1v) is 5.77. The summed E-state index contributed by atoms with van der Waals surface area (Å²) >= 11 is 0. The molecular formula is C13H24O8. The Morgan fingerprint density at radius 1 is 1.10 bits per heavy atom. The van der Waals surface area contributed by atoms with Gasteiger partial charge in [0.15, 0.2) is 6.29 Å². The molecule has 124 valence electrons. The van der Waals surface area contributed by atoms with E-state index in [0.29, 0.717) is 0 Å². The smallest absolute Gasteiger partial charge is 0.330 e. The van der Waals surface area contributed by atoms with E-state index in [-0.39, 0.29) is 31.0 Å². The van der Waals surface area contributed by atoms with Crippen LogP contribution in [0.4, 0.5) is 0 Å². The fourth-order valence-electron chi connectivity index (χ4n) is 0.317. The molecule has 0 spiro atoms. The Hall–Kier alpha value is -1.74. The highest BCUT2D eigenvalue weighted by molar-refractivity contribution is 5.85. The van der Waals surface area contributed by atoms with Gasteiger partial charge >= 0.3 is 11.9 Å². The van der Waals surface area contributed by atoms with Gasteiger partial charge in [-0.25, -0.2) is 9.59 Å². The van der Waals surface area contributed by atoms with Gasteiger partial charge < -0.3 is 29.9 Å². The van der Waals surface area contributed by atoms with Gasteiger partial charge in [0, 0.05) is 18.3 Å². The normalized spacial score (nSPS) is 10.1. The Bertz CT molecular complexity index is 276. The second kappa shape index (κ2) is 16.3. The fraction of sp³-hybridized carbons (Fsp3) is 0.538. The molecule has 0 aliphatic heterocycles. The summed E-state index contributed by atoms with van der Waals surface area (Å²) in [5.74, 6) is -1.87. The third-order valence-corrected chi connectivity index (χ3v) is 1.50. The first kappa shape index (κ1) is 24.3.